The zero-order valence-electron chi connectivity index (χ0n) is 17.0. The minimum atomic E-state index is -3.40. The van der Waals surface area contributed by atoms with Gasteiger partial charge < -0.3 is 4.90 Å². The number of hydrogen-bond acceptors (Lipinski definition) is 3. The fourth-order valence-electron chi connectivity index (χ4n) is 2.96. The van der Waals surface area contributed by atoms with Crippen LogP contribution in [0.15, 0.2) is 59.5 Å². The number of rotatable bonds is 10. The van der Waals surface area contributed by atoms with Crippen LogP contribution in [0, 0.1) is 0 Å². The number of hydrogen-bond donors (Lipinski definition) is 0. The summed E-state index contributed by atoms with van der Waals surface area (Å²) in [5.74, 6) is 0.153. The van der Waals surface area contributed by atoms with Gasteiger partial charge in [-0.25, -0.2) is 12.7 Å². The second kappa shape index (κ2) is 10.4. The Labute approximate surface area is 169 Å². The molecule has 1 amide bonds. The van der Waals surface area contributed by atoms with E-state index < -0.39 is 10.0 Å². The van der Waals surface area contributed by atoms with Crippen LogP contribution in [0.2, 0.25) is 0 Å². The lowest BCUT2D eigenvalue weighted by atomic mass is 10.1. The smallest absolute Gasteiger partial charge is 0.242 e. The van der Waals surface area contributed by atoms with Crippen molar-refractivity contribution in [2.24, 2.45) is 0 Å². The summed E-state index contributed by atoms with van der Waals surface area (Å²) in [7, 11) is 1.50. The molecule has 0 heterocycles. The molecule has 0 bridgehead atoms. The Morgan fingerprint density at radius 1 is 0.821 bits per heavy atom. The molecule has 6 heteroatoms. The van der Waals surface area contributed by atoms with Crippen LogP contribution in [0.5, 0.6) is 0 Å². The highest BCUT2D eigenvalue weighted by Gasteiger charge is 2.16. The van der Waals surface area contributed by atoms with Crippen LogP contribution < -0.4 is 0 Å². The van der Waals surface area contributed by atoms with E-state index in [2.05, 4.69) is 12.1 Å². The fraction of sp³-hybridized carbons (Fsp3) is 0.409. The highest BCUT2D eigenvalue weighted by molar-refractivity contribution is 7.89. The van der Waals surface area contributed by atoms with Gasteiger partial charge in [0.05, 0.1) is 4.90 Å². The quantitative estimate of drug-likeness (QED) is 0.612. The van der Waals surface area contributed by atoms with Crippen molar-refractivity contribution < 1.29 is 13.2 Å². The molecule has 0 saturated heterocycles. The number of carbonyl (C=O) groups is 1. The van der Waals surface area contributed by atoms with E-state index in [0.29, 0.717) is 6.42 Å². The summed E-state index contributed by atoms with van der Waals surface area (Å²) in [4.78, 5) is 14.4. The molecule has 0 fully saturated rings. The van der Waals surface area contributed by atoms with Crippen LogP contribution in [0.4, 0.5) is 0 Å². The van der Waals surface area contributed by atoms with Crippen LogP contribution in [0.3, 0.4) is 0 Å². The summed E-state index contributed by atoms with van der Waals surface area (Å²) in [5, 5.41) is 0. The van der Waals surface area contributed by atoms with E-state index in [1.165, 1.54) is 24.0 Å². The van der Waals surface area contributed by atoms with E-state index in [-0.39, 0.29) is 10.8 Å². The largest absolute Gasteiger partial charge is 0.346 e. The SMILES string of the molecule is CN(CCCc1ccccc1)C(=O)CCCc1ccc(S(=O)(=O)N(C)C)cc1. The maximum atomic E-state index is 12.3. The van der Waals surface area contributed by atoms with Crippen molar-refractivity contribution in [1.82, 2.24) is 9.21 Å². The van der Waals surface area contributed by atoms with Gasteiger partial charge >= 0.3 is 0 Å². The van der Waals surface area contributed by atoms with Crippen molar-refractivity contribution in [3.8, 4) is 0 Å². The summed E-state index contributed by atoms with van der Waals surface area (Å²) >= 11 is 0. The summed E-state index contributed by atoms with van der Waals surface area (Å²) in [6, 6.07) is 17.2. The van der Waals surface area contributed by atoms with E-state index in [4.69, 9.17) is 0 Å². The topological polar surface area (TPSA) is 57.7 Å². The average Bonchev–Trinajstić information content (AvgIpc) is 2.69. The van der Waals surface area contributed by atoms with Gasteiger partial charge in [-0.3, -0.25) is 4.79 Å². The molecule has 5 nitrogen and oxygen atoms in total. The zero-order valence-corrected chi connectivity index (χ0v) is 17.8. The molecule has 0 N–H and O–H groups in total. The molecule has 0 spiro atoms. The first-order valence-corrected chi connectivity index (χ1v) is 11.0. The Hall–Kier alpha value is -2.18. The van der Waals surface area contributed by atoms with Crippen molar-refractivity contribution in [2.75, 3.05) is 27.7 Å². The first-order valence-electron chi connectivity index (χ1n) is 9.60. The molecule has 0 aromatic heterocycles. The first kappa shape index (κ1) is 22.1. The van der Waals surface area contributed by atoms with E-state index in [9.17, 15) is 13.2 Å². The molecule has 2 aromatic carbocycles. The van der Waals surface area contributed by atoms with E-state index in [0.717, 1.165) is 37.8 Å². The molecule has 0 saturated carbocycles. The molecule has 28 heavy (non-hydrogen) atoms. The van der Waals surface area contributed by atoms with Gasteiger partial charge in [-0.2, -0.15) is 0 Å². The van der Waals surface area contributed by atoms with E-state index in [1.54, 1.807) is 17.0 Å². The molecule has 0 unspecified atom stereocenters. The summed E-state index contributed by atoms with van der Waals surface area (Å²) in [5.41, 5.74) is 2.33. The van der Waals surface area contributed by atoms with Gasteiger partial charge in [0.15, 0.2) is 0 Å². The molecule has 152 valence electrons. The summed E-state index contributed by atoms with van der Waals surface area (Å²) in [6.07, 6.45) is 3.93. The van der Waals surface area contributed by atoms with Crippen LogP contribution in [0.1, 0.15) is 30.4 Å². The van der Waals surface area contributed by atoms with Crippen LogP contribution in [-0.4, -0.2) is 51.2 Å². The second-order valence-corrected chi connectivity index (χ2v) is 9.34. The Bertz CT molecular complexity index is 847. The molecule has 2 aromatic rings. The number of aryl methyl sites for hydroxylation is 2. The molecule has 0 aliphatic rings. The normalized spacial score (nSPS) is 11.6. The Kier molecular flexibility index (Phi) is 8.20. The van der Waals surface area contributed by atoms with Gasteiger partial charge in [0.2, 0.25) is 15.9 Å². The minimum absolute atomic E-state index is 0.153. The number of nitrogens with zero attached hydrogens (tertiary/aromatic N) is 2. The number of amides is 1. The van der Waals surface area contributed by atoms with Crippen LogP contribution in [-0.2, 0) is 27.7 Å². The maximum absolute atomic E-state index is 12.3. The molecular weight excluding hydrogens is 372 g/mol. The molecule has 0 aliphatic heterocycles. The number of benzene rings is 2. The molecule has 0 aliphatic carbocycles. The standard InChI is InChI=1S/C22H30N2O3S/c1-23(2)28(26,27)21-16-14-20(15-17-21)11-7-13-22(25)24(3)18-8-12-19-9-5-4-6-10-19/h4-6,9-10,14-17H,7-8,11-13,18H2,1-3H3. The lowest BCUT2D eigenvalue weighted by molar-refractivity contribution is -0.130. The monoisotopic (exact) mass is 402 g/mol. The van der Waals surface area contributed by atoms with Crippen molar-refractivity contribution in [2.45, 2.75) is 37.0 Å². The first-order chi connectivity index (χ1) is 13.3. The molecule has 0 radical (unpaired) electrons. The van der Waals surface area contributed by atoms with Crippen LogP contribution in [0.25, 0.3) is 0 Å². The third-order valence-corrected chi connectivity index (χ3v) is 6.61. The molecular formula is C22H30N2O3S. The molecule has 0 atom stereocenters. The van der Waals surface area contributed by atoms with Crippen molar-refractivity contribution in [3.63, 3.8) is 0 Å². The van der Waals surface area contributed by atoms with Crippen LogP contribution >= 0.6 is 0 Å². The van der Waals surface area contributed by atoms with Gasteiger partial charge in [-0.1, -0.05) is 42.5 Å². The van der Waals surface area contributed by atoms with E-state index >= 15 is 0 Å². The van der Waals surface area contributed by atoms with Crippen molar-refractivity contribution in [3.05, 3.63) is 65.7 Å². The third-order valence-electron chi connectivity index (χ3n) is 4.79. The van der Waals surface area contributed by atoms with Gasteiger partial charge in [-0.05, 0) is 48.9 Å². The number of sulfonamides is 1. The third kappa shape index (κ3) is 6.46. The second-order valence-electron chi connectivity index (χ2n) is 7.19. The minimum Gasteiger partial charge on any atom is -0.346 e. The lowest BCUT2D eigenvalue weighted by Crippen LogP contribution is -2.27. The summed E-state index contributed by atoms with van der Waals surface area (Å²) < 4.78 is 25.4. The Morgan fingerprint density at radius 2 is 1.39 bits per heavy atom. The van der Waals surface area contributed by atoms with Gasteiger partial charge in [0, 0.05) is 34.1 Å². The van der Waals surface area contributed by atoms with Gasteiger partial charge in [0.1, 0.15) is 0 Å². The predicted octanol–water partition coefficient (Wildman–Crippen LogP) is 3.35. The van der Waals surface area contributed by atoms with Gasteiger partial charge in [0.25, 0.3) is 0 Å². The molecule has 2 rings (SSSR count). The summed E-state index contributed by atoms with van der Waals surface area (Å²) in [6.45, 7) is 0.755. The van der Waals surface area contributed by atoms with E-state index in [1.807, 2.05) is 37.4 Å². The lowest BCUT2D eigenvalue weighted by Gasteiger charge is -2.17. The number of carbonyl (C=O) groups excluding carboxylic acids is 1. The highest BCUT2D eigenvalue weighted by atomic mass is 32.2. The predicted molar refractivity (Wildman–Crippen MR) is 113 cm³/mol. The fourth-order valence-corrected chi connectivity index (χ4v) is 3.86. The average molecular weight is 403 g/mol. The Balaban J connectivity index is 1.72. The van der Waals surface area contributed by atoms with Gasteiger partial charge in [-0.15, -0.1) is 0 Å². The van der Waals surface area contributed by atoms with Crippen molar-refractivity contribution >= 4 is 15.9 Å². The Morgan fingerprint density at radius 3 is 2.00 bits per heavy atom. The van der Waals surface area contributed by atoms with Crippen molar-refractivity contribution in [1.29, 1.82) is 0 Å². The maximum Gasteiger partial charge on any atom is 0.242 e. The zero-order chi connectivity index (χ0) is 20.6. The highest BCUT2D eigenvalue weighted by Crippen LogP contribution is 2.15.